The molecular weight excluding hydrogens is 218 g/mol. The first-order chi connectivity index (χ1) is 8.06. The van der Waals surface area contributed by atoms with Gasteiger partial charge in [-0.05, 0) is 12.1 Å². The Hall–Kier alpha value is -1.84. The number of rotatable bonds is 4. The standard InChI is InChI=1S/C13H17NO3/c1-10(2)12(13(15)17-3)14(16)9-11-7-5-4-6-8-11/h4-10,12H,1-3H3/b14-9-/t12-/m0/s1. The van der Waals surface area contributed by atoms with Crippen molar-refractivity contribution in [3.8, 4) is 0 Å². The topological polar surface area (TPSA) is 52.4 Å². The van der Waals surface area contributed by atoms with E-state index in [1.54, 1.807) is 12.1 Å². The summed E-state index contributed by atoms with van der Waals surface area (Å²) in [4.78, 5) is 11.5. The number of carbonyl (C=O) groups excluding carboxylic acids is 1. The third-order valence-corrected chi connectivity index (χ3v) is 2.42. The molecule has 0 bridgehead atoms. The van der Waals surface area contributed by atoms with E-state index in [4.69, 9.17) is 0 Å². The number of carbonyl (C=O) groups is 1. The zero-order valence-corrected chi connectivity index (χ0v) is 10.3. The predicted molar refractivity (Wildman–Crippen MR) is 65.9 cm³/mol. The molecule has 0 aliphatic heterocycles. The molecule has 0 fully saturated rings. The molecule has 0 N–H and O–H groups in total. The van der Waals surface area contributed by atoms with Gasteiger partial charge in [-0.15, -0.1) is 0 Å². The van der Waals surface area contributed by atoms with E-state index < -0.39 is 12.0 Å². The molecule has 1 aromatic rings. The Morgan fingerprint density at radius 2 is 1.94 bits per heavy atom. The van der Waals surface area contributed by atoms with Gasteiger partial charge in [0.2, 0.25) is 0 Å². The molecule has 1 aromatic carbocycles. The Bertz CT molecular complexity index is 398. The van der Waals surface area contributed by atoms with E-state index in [0.717, 1.165) is 5.56 Å². The third-order valence-electron chi connectivity index (χ3n) is 2.42. The minimum absolute atomic E-state index is 0.111. The third kappa shape index (κ3) is 3.59. The number of hydroxylamine groups is 1. The van der Waals surface area contributed by atoms with Crippen LogP contribution in [0.1, 0.15) is 19.4 Å². The van der Waals surface area contributed by atoms with Gasteiger partial charge in [0.05, 0.1) is 7.11 Å². The largest absolute Gasteiger partial charge is 0.623 e. The second kappa shape index (κ2) is 6.03. The van der Waals surface area contributed by atoms with Crippen molar-refractivity contribution in [2.24, 2.45) is 5.92 Å². The molecule has 0 saturated carbocycles. The van der Waals surface area contributed by atoms with Crippen molar-refractivity contribution < 1.29 is 14.3 Å². The van der Waals surface area contributed by atoms with Gasteiger partial charge in [0, 0.05) is 11.5 Å². The van der Waals surface area contributed by atoms with Crippen LogP contribution in [-0.4, -0.2) is 30.1 Å². The normalized spacial score (nSPS) is 13.5. The minimum atomic E-state index is -0.805. The second-order valence-electron chi connectivity index (χ2n) is 4.11. The summed E-state index contributed by atoms with van der Waals surface area (Å²) in [5.74, 6) is -0.623. The van der Waals surface area contributed by atoms with Crippen LogP contribution in [0.25, 0.3) is 0 Å². The van der Waals surface area contributed by atoms with Gasteiger partial charge in [-0.3, -0.25) is 0 Å². The van der Waals surface area contributed by atoms with Crippen LogP contribution in [0.3, 0.4) is 0 Å². The van der Waals surface area contributed by atoms with Crippen LogP contribution >= 0.6 is 0 Å². The lowest BCUT2D eigenvalue weighted by molar-refractivity contribution is -0.492. The summed E-state index contributed by atoms with van der Waals surface area (Å²) in [6, 6.07) is 8.34. The molecule has 4 heteroatoms. The molecule has 1 atom stereocenters. The smallest absolute Gasteiger partial charge is 0.376 e. The van der Waals surface area contributed by atoms with Gasteiger partial charge >= 0.3 is 5.97 Å². The number of methoxy groups -OCH3 is 1. The molecular formula is C13H17NO3. The summed E-state index contributed by atoms with van der Waals surface area (Å²) in [6.45, 7) is 3.62. The van der Waals surface area contributed by atoms with Crippen molar-refractivity contribution in [3.63, 3.8) is 0 Å². The molecule has 0 heterocycles. The van der Waals surface area contributed by atoms with E-state index in [2.05, 4.69) is 4.74 Å². The molecule has 0 aliphatic carbocycles. The molecule has 0 saturated heterocycles. The number of ether oxygens (including phenoxy) is 1. The van der Waals surface area contributed by atoms with Crippen molar-refractivity contribution in [2.75, 3.05) is 7.11 Å². The van der Waals surface area contributed by atoms with E-state index in [1.807, 2.05) is 32.0 Å². The Morgan fingerprint density at radius 1 is 1.35 bits per heavy atom. The van der Waals surface area contributed by atoms with Gasteiger partial charge in [-0.2, -0.15) is 4.74 Å². The van der Waals surface area contributed by atoms with Crippen LogP contribution in [0.4, 0.5) is 0 Å². The highest BCUT2D eigenvalue weighted by molar-refractivity contribution is 5.79. The monoisotopic (exact) mass is 235 g/mol. The van der Waals surface area contributed by atoms with Crippen LogP contribution in [0.15, 0.2) is 30.3 Å². The fourth-order valence-electron chi connectivity index (χ4n) is 1.56. The zero-order chi connectivity index (χ0) is 12.8. The van der Waals surface area contributed by atoms with E-state index in [-0.39, 0.29) is 5.92 Å². The molecule has 92 valence electrons. The Balaban J connectivity index is 2.96. The maximum absolute atomic E-state index is 11.9. The minimum Gasteiger partial charge on any atom is -0.623 e. The number of hydrogen-bond donors (Lipinski definition) is 0. The summed E-state index contributed by atoms with van der Waals surface area (Å²) >= 11 is 0. The molecule has 17 heavy (non-hydrogen) atoms. The lowest BCUT2D eigenvalue weighted by atomic mass is 10.1. The summed E-state index contributed by atoms with van der Waals surface area (Å²) < 4.78 is 5.29. The molecule has 0 aliphatic rings. The first-order valence-electron chi connectivity index (χ1n) is 5.49. The molecule has 1 rings (SSSR count). The molecule has 0 radical (unpaired) electrons. The van der Waals surface area contributed by atoms with Crippen LogP contribution in [-0.2, 0) is 9.53 Å². The zero-order valence-electron chi connectivity index (χ0n) is 10.3. The Kier molecular flexibility index (Phi) is 4.69. The maximum Gasteiger partial charge on any atom is 0.376 e. The number of nitrogens with zero attached hydrogens (tertiary/aromatic N) is 1. The van der Waals surface area contributed by atoms with Gasteiger partial charge in [-0.1, -0.05) is 32.0 Å². The molecule has 0 aromatic heterocycles. The van der Waals surface area contributed by atoms with E-state index in [0.29, 0.717) is 4.74 Å². The highest BCUT2D eigenvalue weighted by Gasteiger charge is 2.30. The van der Waals surface area contributed by atoms with E-state index in [1.165, 1.54) is 13.3 Å². The summed E-state index contributed by atoms with van der Waals surface area (Å²) in [7, 11) is 1.29. The molecule has 4 nitrogen and oxygen atoms in total. The maximum atomic E-state index is 11.9. The van der Waals surface area contributed by atoms with Crippen molar-refractivity contribution in [1.82, 2.24) is 0 Å². The van der Waals surface area contributed by atoms with Gasteiger partial charge in [0.15, 0.2) is 6.21 Å². The highest BCUT2D eigenvalue weighted by atomic mass is 16.5. The van der Waals surface area contributed by atoms with Crippen LogP contribution in [0.2, 0.25) is 0 Å². The van der Waals surface area contributed by atoms with Crippen molar-refractivity contribution in [2.45, 2.75) is 19.9 Å². The van der Waals surface area contributed by atoms with Crippen molar-refractivity contribution in [1.29, 1.82) is 0 Å². The van der Waals surface area contributed by atoms with Gasteiger partial charge in [-0.25, -0.2) is 4.79 Å². The Labute approximate surface area is 101 Å². The second-order valence-corrected chi connectivity index (χ2v) is 4.11. The van der Waals surface area contributed by atoms with Crippen LogP contribution in [0.5, 0.6) is 0 Å². The molecule has 0 unspecified atom stereocenters. The molecule has 0 spiro atoms. The van der Waals surface area contributed by atoms with Gasteiger partial charge in [0.1, 0.15) is 0 Å². The van der Waals surface area contributed by atoms with E-state index >= 15 is 0 Å². The Morgan fingerprint density at radius 3 is 2.41 bits per heavy atom. The van der Waals surface area contributed by atoms with Crippen LogP contribution in [0, 0.1) is 11.1 Å². The fraction of sp³-hybridized carbons (Fsp3) is 0.385. The van der Waals surface area contributed by atoms with Gasteiger partial charge < -0.3 is 9.94 Å². The SMILES string of the molecule is COC(=O)[C@H](C(C)C)/[N+]([O-])=C/c1ccccc1. The average Bonchev–Trinajstić information content (AvgIpc) is 2.29. The van der Waals surface area contributed by atoms with Gasteiger partial charge in [0.25, 0.3) is 6.04 Å². The predicted octanol–water partition coefficient (Wildman–Crippen LogP) is 1.81. The summed E-state index contributed by atoms with van der Waals surface area (Å²) in [6.07, 6.45) is 1.40. The average molecular weight is 235 g/mol. The first-order valence-corrected chi connectivity index (χ1v) is 5.49. The number of hydrogen-bond acceptors (Lipinski definition) is 3. The number of esters is 1. The van der Waals surface area contributed by atoms with Crippen LogP contribution < -0.4 is 0 Å². The molecule has 0 amide bonds. The lowest BCUT2D eigenvalue weighted by Gasteiger charge is -2.17. The highest BCUT2D eigenvalue weighted by Crippen LogP contribution is 2.08. The lowest BCUT2D eigenvalue weighted by Crippen LogP contribution is -2.37. The van der Waals surface area contributed by atoms with E-state index in [9.17, 15) is 10.0 Å². The fourth-order valence-corrected chi connectivity index (χ4v) is 1.56. The van der Waals surface area contributed by atoms with Crippen molar-refractivity contribution in [3.05, 3.63) is 41.1 Å². The number of benzene rings is 1. The first kappa shape index (κ1) is 13.2. The summed E-state index contributed by atoms with van der Waals surface area (Å²) in [5, 5.41) is 11.9. The van der Waals surface area contributed by atoms with Crippen molar-refractivity contribution >= 4 is 12.2 Å². The quantitative estimate of drug-likeness (QED) is 0.263. The summed E-state index contributed by atoms with van der Waals surface area (Å²) in [5.41, 5.74) is 0.761.